The molecule has 4 saturated heterocycles. The summed E-state index contributed by atoms with van der Waals surface area (Å²) in [5, 5.41) is 67.1. The zero-order chi connectivity index (χ0) is 60.9. The number of nitrogens with zero attached hydrogens (tertiary/aromatic N) is 15. The van der Waals surface area contributed by atoms with Gasteiger partial charge in [0.15, 0.2) is 70.5 Å². The van der Waals surface area contributed by atoms with Crippen molar-refractivity contribution < 1.29 is 105 Å². The number of hydrogen-bond acceptors (Lipinski definition) is 35. The van der Waals surface area contributed by atoms with E-state index in [0.29, 0.717) is 0 Å². The third-order valence-electron chi connectivity index (χ3n) is 14.1. The van der Waals surface area contributed by atoms with E-state index >= 15 is 0 Å². The molecule has 8 aromatic rings. The second-order valence-corrected chi connectivity index (χ2v) is 23.6. The van der Waals surface area contributed by atoms with Crippen LogP contribution in [0.5, 0.6) is 0 Å². The van der Waals surface area contributed by atoms with Gasteiger partial charge in [0.25, 0.3) is 5.56 Å². The lowest BCUT2D eigenvalue weighted by Gasteiger charge is -2.26. The normalized spacial score (nSPS) is 31.8. The van der Waals surface area contributed by atoms with Crippen molar-refractivity contribution in [3.05, 3.63) is 54.6 Å². The van der Waals surface area contributed by atoms with Gasteiger partial charge in [0.05, 0.1) is 51.7 Å². The Morgan fingerprint density at radius 2 is 0.802 bits per heavy atom. The number of ether oxygens (including phenoxy) is 4. The number of aromatic nitrogens is 16. The number of phosphoric acid groups is 3. The molecular formula is C40H49N20O23P3. The highest BCUT2D eigenvalue weighted by atomic mass is 31.2. The van der Waals surface area contributed by atoms with Crippen LogP contribution >= 0.6 is 23.5 Å². The van der Waals surface area contributed by atoms with Gasteiger partial charge in [0, 0.05) is 0 Å². The predicted octanol–water partition coefficient (Wildman–Crippen LogP) is -5.14. The van der Waals surface area contributed by atoms with Crippen molar-refractivity contribution in [2.75, 3.05) is 49.4 Å². The Balaban J connectivity index is 0.765. The number of H-pyrrole nitrogens is 1. The fraction of sp³-hybridized carbons (Fsp3) is 0.500. The van der Waals surface area contributed by atoms with E-state index in [1.165, 1.54) is 10.9 Å². The Hall–Kier alpha value is -6.87. The number of aliphatic hydroxyl groups is 6. The molecule has 0 radical (unpaired) electrons. The number of nitrogens with two attached hydrogens (primary N) is 4. The molecule has 4 aliphatic rings. The van der Waals surface area contributed by atoms with Crippen LogP contribution in [-0.2, 0) is 59.8 Å². The molecule has 12 rings (SSSR count). The van der Waals surface area contributed by atoms with E-state index in [9.17, 15) is 63.8 Å². The fourth-order valence-electron chi connectivity index (χ4n) is 10.1. The van der Waals surface area contributed by atoms with Crippen LogP contribution in [-0.4, -0.2) is 223 Å². The van der Waals surface area contributed by atoms with Gasteiger partial charge in [-0.25, -0.2) is 63.5 Å². The fourth-order valence-corrected chi connectivity index (χ4v) is 13.0. The number of aromatic amines is 1. The Morgan fingerprint density at radius 1 is 0.465 bits per heavy atom. The Morgan fingerprint density at radius 3 is 1.21 bits per heavy atom. The summed E-state index contributed by atoms with van der Waals surface area (Å²) in [6.45, 7) is -4.19. The van der Waals surface area contributed by atoms with E-state index in [1.807, 2.05) is 0 Å². The van der Waals surface area contributed by atoms with Gasteiger partial charge < -0.3 is 87.2 Å². The molecule has 12 heterocycles. The molecule has 0 aliphatic carbocycles. The first-order valence-corrected chi connectivity index (χ1v) is 29.5. The lowest BCUT2D eigenvalue weighted by molar-refractivity contribution is -0.0633. The minimum Gasteiger partial charge on any atom is -0.394 e. The smallest absolute Gasteiger partial charge is 0.394 e. The van der Waals surface area contributed by atoms with Crippen molar-refractivity contribution in [2.45, 2.75) is 98.2 Å². The van der Waals surface area contributed by atoms with Crippen molar-refractivity contribution in [1.82, 2.24) is 78.1 Å². The standard InChI is InChI=1S/C40H49N20O23P3/c41-28-16-31(48-5-45-28)57(8-51-16)36-21(63)20(62)13(78-36)2-74-84(68,69)82-26-15(80-37(23(26)65)58-9-52-17-29(42)46-6-49-32(17)58)4-76-86(72,73)83-27-14(79-38(24(27)66)59-10-53-18-30(43)47-7-50-33(18)59)3-75-85(70,71)81-25-12(1-61)77-39(22(25)64)60-11-54-19-34(60)55-40(44)56-35(19)67/h5-15,20-27,36-39,61-66H,1-4H2,(H,68,69)(H,70,71)(H,72,73)(H2,41,45,48)(H2,42,46,49)(H2,43,47,50)(H3,44,55,56,67)/t12-,13-,14-,15-,20-,21-,22-,23-,24-,25-,26-,27-,36-,37-,38-,39-/m1/s1. The molecule has 18 N–H and O–H groups in total. The van der Waals surface area contributed by atoms with Crippen molar-refractivity contribution in [1.29, 1.82) is 0 Å². The quantitative estimate of drug-likeness (QED) is 0.0317. The van der Waals surface area contributed by atoms with Crippen LogP contribution in [0, 0.1) is 0 Å². The molecule has 0 bridgehead atoms. The number of anilines is 4. The first-order valence-electron chi connectivity index (χ1n) is 25.0. The minimum atomic E-state index is -5.67. The number of nitrogen functional groups attached to an aromatic ring is 4. The summed E-state index contributed by atoms with van der Waals surface area (Å²) in [6.07, 6.45) is -20.9. The number of imidazole rings is 4. The zero-order valence-corrected chi connectivity index (χ0v) is 45.9. The van der Waals surface area contributed by atoms with Crippen LogP contribution in [0.2, 0.25) is 0 Å². The molecule has 46 heteroatoms. The predicted molar refractivity (Wildman–Crippen MR) is 276 cm³/mol. The van der Waals surface area contributed by atoms with Gasteiger partial charge >= 0.3 is 23.5 Å². The van der Waals surface area contributed by atoms with Gasteiger partial charge in [-0.15, -0.1) is 0 Å². The van der Waals surface area contributed by atoms with Gasteiger partial charge in [-0.2, -0.15) is 4.98 Å². The number of phosphoric ester groups is 3. The molecule has 43 nitrogen and oxygen atoms in total. The number of hydrogen-bond donors (Lipinski definition) is 14. The van der Waals surface area contributed by atoms with E-state index in [2.05, 4.69) is 59.8 Å². The lowest BCUT2D eigenvalue weighted by Crippen LogP contribution is -2.38. The molecule has 0 saturated carbocycles. The highest BCUT2D eigenvalue weighted by molar-refractivity contribution is 7.48. The van der Waals surface area contributed by atoms with Gasteiger partial charge in [0.2, 0.25) is 5.95 Å². The third-order valence-corrected chi connectivity index (χ3v) is 17.1. The molecule has 8 aromatic heterocycles. The second kappa shape index (κ2) is 22.7. The topological polar surface area (TPSA) is 624 Å². The maximum atomic E-state index is 14.2. The van der Waals surface area contributed by atoms with Crippen molar-refractivity contribution in [3.63, 3.8) is 0 Å². The average Bonchev–Trinajstić information content (AvgIpc) is 2.14. The van der Waals surface area contributed by atoms with Gasteiger partial charge in [-0.3, -0.25) is 55.2 Å². The van der Waals surface area contributed by atoms with Crippen LogP contribution in [0.3, 0.4) is 0 Å². The third kappa shape index (κ3) is 10.9. The summed E-state index contributed by atoms with van der Waals surface area (Å²) >= 11 is 0. The Bertz CT molecular complexity index is 4060. The highest BCUT2D eigenvalue weighted by Crippen LogP contribution is 2.54. The van der Waals surface area contributed by atoms with Crippen molar-refractivity contribution in [3.8, 4) is 0 Å². The summed E-state index contributed by atoms with van der Waals surface area (Å²) in [7, 11) is -16.6. The van der Waals surface area contributed by atoms with Crippen LogP contribution < -0.4 is 28.5 Å². The molecular weight excluding hydrogens is 1220 g/mol. The summed E-state index contributed by atoms with van der Waals surface area (Å²) in [4.78, 5) is 92.6. The summed E-state index contributed by atoms with van der Waals surface area (Å²) in [5.74, 6) is -0.544. The SMILES string of the molecule is Nc1nc2c(ncn2[C@@H]2O[C@H](CO)[C@@H](OP(=O)(O)OC[C@H]3O[C@@H](n4cnc5c(N)ncnc54)[C@H](O)[C@@H]3OP(=O)(O)OC[C@H]3O[C@@H](n4cnc5c(N)ncnc54)[C@H](O)[C@@H]3OP(=O)(O)OC[C@H]3O[C@@H](n4cnc5c(N)ncnc54)[C@H](O)[C@@H]3O)[C@H]2O)c(=O)[nH]1. The number of aliphatic hydroxyl groups excluding tert-OH is 6. The van der Waals surface area contributed by atoms with Gasteiger partial charge in [-0.05, 0) is 0 Å². The summed E-state index contributed by atoms with van der Waals surface area (Å²) < 4.78 is 102. The number of nitrogens with one attached hydrogen (secondary N) is 1. The van der Waals surface area contributed by atoms with E-state index in [1.54, 1.807) is 0 Å². The maximum absolute atomic E-state index is 14.2. The number of rotatable bonds is 20. The number of fused-ring (bicyclic) bond motifs is 4. The van der Waals surface area contributed by atoms with E-state index in [-0.39, 0.29) is 68.1 Å². The molecule has 0 aromatic carbocycles. The molecule has 462 valence electrons. The van der Waals surface area contributed by atoms with Crippen molar-refractivity contribution in [2.24, 2.45) is 0 Å². The summed E-state index contributed by atoms with van der Waals surface area (Å²) in [5.41, 5.74) is 22.6. The van der Waals surface area contributed by atoms with Crippen LogP contribution in [0.4, 0.5) is 23.4 Å². The van der Waals surface area contributed by atoms with Crippen LogP contribution in [0.1, 0.15) is 24.9 Å². The molecule has 4 aliphatic heterocycles. The molecule has 0 spiro atoms. The van der Waals surface area contributed by atoms with Gasteiger partial charge in [-0.1, -0.05) is 0 Å². The van der Waals surface area contributed by atoms with Crippen LogP contribution in [0.15, 0.2) is 49.1 Å². The monoisotopic (exact) mass is 1270 g/mol. The lowest BCUT2D eigenvalue weighted by atomic mass is 10.1. The molecule has 86 heavy (non-hydrogen) atoms. The molecule has 3 unspecified atom stereocenters. The first kappa shape index (κ1) is 59.5. The maximum Gasteiger partial charge on any atom is 0.472 e. The molecule has 19 atom stereocenters. The largest absolute Gasteiger partial charge is 0.472 e. The van der Waals surface area contributed by atoms with E-state index in [4.69, 9.17) is 69.0 Å². The zero-order valence-electron chi connectivity index (χ0n) is 43.2. The van der Waals surface area contributed by atoms with E-state index < -0.39 is 154 Å². The molecule has 4 fully saturated rings. The van der Waals surface area contributed by atoms with Gasteiger partial charge in [0.1, 0.15) is 109 Å². The van der Waals surface area contributed by atoms with Crippen molar-refractivity contribution >= 4 is 91.5 Å². The second-order valence-electron chi connectivity index (χ2n) is 19.4. The Labute approximate surface area is 475 Å². The van der Waals surface area contributed by atoms with E-state index in [0.717, 1.165) is 51.7 Å². The minimum absolute atomic E-state index is 0.00186. The summed E-state index contributed by atoms with van der Waals surface area (Å²) in [6, 6.07) is 0. The Kier molecular flexibility index (Phi) is 15.7. The molecule has 0 amide bonds. The average molecular weight is 1270 g/mol. The first-order chi connectivity index (χ1) is 40.9. The van der Waals surface area contributed by atoms with Crippen LogP contribution in [0.25, 0.3) is 44.7 Å². The highest BCUT2D eigenvalue weighted by Gasteiger charge is 2.55.